The summed E-state index contributed by atoms with van der Waals surface area (Å²) in [5.74, 6) is 0.858. The molecule has 3 nitrogen and oxygen atoms in total. The fourth-order valence-electron chi connectivity index (χ4n) is 6.92. The van der Waals surface area contributed by atoms with Crippen LogP contribution in [0.15, 0.2) is 152 Å². The molecule has 0 N–H and O–H groups in total. The average molecular weight is 565 g/mol. The summed E-state index contributed by atoms with van der Waals surface area (Å²) in [5.41, 5.74) is 8.32. The lowest BCUT2D eigenvalue weighted by Crippen LogP contribution is -1.94. The highest BCUT2D eigenvalue weighted by Crippen LogP contribution is 2.42. The molecule has 0 unspecified atom stereocenters. The van der Waals surface area contributed by atoms with Gasteiger partial charge in [-0.1, -0.05) is 66.7 Å². The molecule has 0 aliphatic carbocycles. The lowest BCUT2D eigenvalue weighted by atomic mass is 9.91. The second kappa shape index (κ2) is 9.62. The molecule has 0 aliphatic rings. The maximum atomic E-state index is 5.50. The summed E-state index contributed by atoms with van der Waals surface area (Å²) >= 11 is 0. The summed E-state index contributed by atoms with van der Waals surface area (Å²) in [4.78, 5) is 0. The third kappa shape index (κ3) is 3.69. The minimum atomic E-state index is 0.858. The Hall–Kier alpha value is -5.80. The molecule has 0 atom stereocenters. The first-order valence-corrected chi connectivity index (χ1v) is 15.0. The van der Waals surface area contributed by atoms with Crippen LogP contribution in [0.1, 0.15) is 0 Å². The SMILES string of the molecule is COc1ccc(-c2cc3cc4ccn(-c5ccccc5)c4cc3c3cc4c(cc23)c2ccccc2n4-c2ccccc2)cc1. The fourth-order valence-corrected chi connectivity index (χ4v) is 6.92. The Morgan fingerprint density at radius 3 is 1.93 bits per heavy atom. The zero-order valence-corrected chi connectivity index (χ0v) is 24.2. The van der Waals surface area contributed by atoms with E-state index in [-0.39, 0.29) is 0 Å². The van der Waals surface area contributed by atoms with Crippen LogP contribution >= 0.6 is 0 Å². The van der Waals surface area contributed by atoms with Crippen molar-refractivity contribution >= 4 is 54.3 Å². The molecule has 0 fully saturated rings. The van der Waals surface area contributed by atoms with Gasteiger partial charge in [0.05, 0.1) is 23.7 Å². The van der Waals surface area contributed by atoms with Gasteiger partial charge in [-0.05, 0) is 112 Å². The van der Waals surface area contributed by atoms with Crippen LogP contribution in [0.4, 0.5) is 0 Å². The second-order valence-corrected chi connectivity index (χ2v) is 11.4. The molecule has 3 heteroatoms. The number of aromatic nitrogens is 2. The van der Waals surface area contributed by atoms with E-state index in [1.54, 1.807) is 7.11 Å². The van der Waals surface area contributed by atoms with Crippen molar-refractivity contribution in [3.63, 3.8) is 0 Å². The van der Waals surface area contributed by atoms with Gasteiger partial charge in [-0.25, -0.2) is 0 Å². The van der Waals surface area contributed by atoms with Crippen molar-refractivity contribution in [1.82, 2.24) is 9.13 Å². The first kappa shape index (κ1) is 24.8. The number of methoxy groups -OCH3 is 1. The molecule has 9 aromatic rings. The number of fused-ring (bicyclic) bond motifs is 7. The minimum Gasteiger partial charge on any atom is -0.497 e. The fraction of sp³-hybridized carbons (Fsp3) is 0.0244. The summed E-state index contributed by atoms with van der Waals surface area (Å²) in [5, 5.41) is 8.67. The van der Waals surface area contributed by atoms with Crippen LogP contribution in [0.5, 0.6) is 5.75 Å². The van der Waals surface area contributed by atoms with E-state index in [1.807, 2.05) is 12.1 Å². The molecule has 0 bridgehead atoms. The summed E-state index contributed by atoms with van der Waals surface area (Å²) in [6.45, 7) is 0. The number of ether oxygens (including phenoxy) is 1. The number of benzene rings is 7. The van der Waals surface area contributed by atoms with E-state index in [0.717, 1.165) is 17.1 Å². The van der Waals surface area contributed by atoms with Crippen LogP contribution in [0.3, 0.4) is 0 Å². The summed E-state index contributed by atoms with van der Waals surface area (Å²) < 4.78 is 10.2. The van der Waals surface area contributed by atoms with Gasteiger partial charge < -0.3 is 13.9 Å². The average Bonchev–Trinajstić information content (AvgIpc) is 3.65. The van der Waals surface area contributed by atoms with Gasteiger partial charge in [0.2, 0.25) is 0 Å². The van der Waals surface area contributed by atoms with Crippen molar-refractivity contribution in [2.45, 2.75) is 0 Å². The third-order valence-corrected chi connectivity index (χ3v) is 9.00. The van der Waals surface area contributed by atoms with Crippen molar-refractivity contribution in [2.75, 3.05) is 7.11 Å². The van der Waals surface area contributed by atoms with Gasteiger partial charge in [0, 0.05) is 33.7 Å². The van der Waals surface area contributed by atoms with E-state index >= 15 is 0 Å². The van der Waals surface area contributed by atoms with Crippen LogP contribution in [0.2, 0.25) is 0 Å². The van der Waals surface area contributed by atoms with Gasteiger partial charge in [-0.3, -0.25) is 0 Å². The molecule has 9 rings (SSSR count). The highest BCUT2D eigenvalue weighted by Gasteiger charge is 2.18. The lowest BCUT2D eigenvalue weighted by Gasteiger charge is -2.14. The van der Waals surface area contributed by atoms with E-state index in [4.69, 9.17) is 4.74 Å². The van der Waals surface area contributed by atoms with Crippen LogP contribution in [0.25, 0.3) is 76.8 Å². The normalized spacial score (nSPS) is 11.8. The largest absolute Gasteiger partial charge is 0.497 e. The Labute approximate surface area is 254 Å². The second-order valence-electron chi connectivity index (χ2n) is 11.4. The Morgan fingerprint density at radius 2 is 1.16 bits per heavy atom. The van der Waals surface area contributed by atoms with Crippen molar-refractivity contribution in [3.8, 4) is 28.3 Å². The van der Waals surface area contributed by atoms with Gasteiger partial charge in [-0.2, -0.15) is 0 Å². The molecule has 0 saturated carbocycles. The molecule has 0 aliphatic heterocycles. The van der Waals surface area contributed by atoms with Crippen molar-refractivity contribution in [1.29, 1.82) is 0 Å². The predicted octanol–water partition coefficient (Wildman–Crippen LogP) is 10.7. The monoisotopic (exact) mass is 564 g/mol. The lowest BCUT2D eigenvalue weighted by molar-refractivity contribution is 0.415. The molecule has 0 radical (unpaired) electrons. The smallest absolute Gasteiger partial charge is 0.118 e. The van der Waals surface area contributed by atoms with Gasteiger partial charge in [0.15, 0.2) is 0 Å². The molecule has 0 saturated heterocycles. The topological polar surface area (TPSA) is 19.1 Å². The summed E-state index contributed by atoms with van der Waals surface area (Å²) in [6, 6.07) is 52.6. The standard InChI is InChI=1S/C41H28N2O/c1-44-32-18-16-27(17-19-32)34-23-29-22-28-20-21-42(30-10-4-2-5-11-30)40(28)25-35(29)37-26-41-38(24-36(34)37)33-14-8-9-15-39(33)43(41)31-12-6-3-7-13-31/h2-26H,1H3. The van der Waals surface area contributed by atoms with E-state index < -0.39 is 0 Å². The van der Waals surface area contributed by atoms with Crippen LogP contribution in [-0.2, 0) is 0 Å². The minimum absolute atomic E-state index is 0.858. The first-order valence-electron chi connectivity index (χ1n) is 15.0. The van der Waals surface area contributed by atoms with Crippen molar-refractivity contribution < 1.29 is 4.74 Å². The highest BCUT2D eigenvalue weighted by atomic mass is 16.5. The number of hydrogen-bond acceptors (Lipinski definition) is 1. The maximum Gasteiger partial charge on any atom is 0.118 e. The Bertz CT molecular complexity index is 2500. The molecular formula is C41H28N2O. The third-order valence-electron chi connectivity index (χ3n) is 9.00. The van der Waals surface area contributed by atoms with Gasteiger partial charge in [0.1, 0.15) is 5.75 Å². The zero-order valence-electron chi connectivity index (χ0n) is 24.2. The molecule has 0 amide bonds. The van der Waals surface area contributed by atoms with Gasteiger partial charge in [0.25, 0.3) is 0 Å². The van der Waals surface area contributed by atoms with E-state index in [2.05, 4.69) is 149 Å². The van der Waals surface area contributed by atoms with Gasteiger partial charge in [-0.15, -0.1) is 0 Å². The van der Waals surface area contributed by atoms with Crippen molar-refractivity contribution in [2.24, 2.45) is 0 Å². The van der Waals surface area contributed by atoms with Crippen LogP contribution in [0, 0.1) is 0 Å². The Balaban J connectivity index is 1.44. The number of para-hydroxylation sites is 3. The van der Waals surface area contributed by atoms with E-state index in [0.29, 0.717) is 0 Å². The van der Waals surface area contributed by atoms with E-state index in [1.165, 1.54) is 65.4 Å². The molecule has 208 valence electrons. The van der Waals surface area contributed by atoms with E-state index in [9.17, 15) is 0 Å². The number of nitrogens with zero attached hydrogens (tertiary/aromatic N) is 2. The summed E-state index contributed by atoms with van der Waals surface area (Å²) in [6.07, 6.45) is 2.18. The Morgan fingerprint density at radius 1 is 0.455 bits per heavy atom. The van der Waals surface area contributed by atoms with Gasteiger partial charge >= 0.3 is 0 Å². The molecule has 7 aromatic carbocycles. The number of hydrogen-bond donors (Lipinski definition) is 0. The summed E-state index contributed by atoms with van der Waals surface area (Å²) in [7, 11) is 1.71. The molecular weight excluding hydrogens is 536 g/mol. The molecule has 2 aromatic heterocycles. The quantitative estimate of drug-likeness (QED) is 0.195. The highest BCUT2D eigenvalue weighted by molar-refractivity contribution is 6.22. The predicted molar refractivity (Wildman–Crippen MR) is 185 cm³/mol. The molecule has 2 heterocycles. The zero-order chi connectivity index (χ0) is 29.2. The first-order chi connectivity index (χ1) is 21.8. The molecule has 0 spiro atoms. The Kier molecular flexibility index (Phi) is 5.41. The molecule has 44 heavy (non-hydrogen) atoms. The number of rotatable bonds is 4. The van der Waals surface area contributed by atoms with Crippen LogP contribution < -0.4 is 4.74 Å². The van der Waals surface area contributed by atoms with Crippen LogP contribution in [-0.4, -0.2) is 16.2 Å². The van der Waals surface area contributed by atoms with Crippen molar-refractivity contribution in [3.05, 3.63) is 152 Å². The maximum absolute atomic E-state index is 5.50.